The molecule has 90 valence electrons. The van der Waals surface area contributed by atoms with Gasteiger partial charge in [-0.2, -0.15) is 0 Å². The molecule has 0 saturated heterocycles. The highest BCUT2D eigenvalue weighted by Crippen LogP contribution is 1.86. The molecule has 0 aliphatic rings. The first kappa shape index (κ1) is 14.6. The highest BCUT2D eigenvalue weighted by atomic mass is 32.2. The lowest BCUT2D eigenvalue weighted by Crippen LogP contribution is -2.37. The van der Waals surface area contributed by atoms with Gasteiger partial charge in [0, 0.05) is 26.5 Å². The van der Waals surface area contributed by atoms with Crippen molar-refractivity contribution in [2.75, 3.05) is 38.8 Å². The number of ether oxygens (including phenoxy) is 1. The molecule has 0 aromatic heterocycles. The van der Waals surface area contributed by atoms with Gasteiger partial charge < -0.3 is 15.4 Å². The van der Waals surface area contributed by atoms with Gasteiger partial charge in [0.2, 0.25) is 0 Å². The number of rotatable bonds is 7. The third-order valence-corrected chi connectivity index (χ3v) is 2.89. The summed E-state index contributed by atoms with van der Waals surface area (Å²) in [6.07, 6.45) is 1.78. The molecule has 0 amide bonds. The lowest BCUT2D eigenvalue weighted by Gasteiger charge is -2.09. The summed E-state index contributed by atoms with van der Waals surface area (Å²) in [5.74, 6) is 0.181. The van der Waals surface area contributed by atoms with Gasteiger partial charge in [-0.05, 0) is 18.6 Å². The summed E-state index contributed by atoms with van der Waals surface area (Å²) in [4.78, 5) is 0. The maximum absolute atomic E-state index is 10.8. The van der Waals surface area contributed by atoms with E-state index in [9.17, 15) is 8.42 Å². The zero-order valence-corrected chi connectivity index (χ0v) is 10.7. The van der Waals surface area contributed by atoms with E-state index < -0.39 is 9.84 Å². The van der Waals surface area contributed by atoms with Crippen LogP contribution in [0.4, 0.5) is 0 Å². The van der Waals surface area contributed by atoms with Crippen LogP contribution in [0.5, 0.6) is 0 Å². The van der Waals surface area contributed by atoms with Crippen molar-refractivity contribution in [1.82, 2.24) is 10.6 Å². The van der Waals surface area contributed by atoms with Crippen molar-refractivity contribution in [2.24, 2.45) is 0 Å². The number of hydrogen-bond donors (Lipinski definition) is 2. The van der Waals surface area contributed by atoms with Crippen LogP contribution in [0, 0.1) is 0 Å². The molecule has 0 saturated carbocycles. The summed E-state index contributed by atoms with van der Waals surface area (Å²) >= 11 is 4.95. The fraction of sp³-hybridized carbons (Fsp3) is 0.875. The van der Waals surface area contributed by atoms with E-state index in [1.807, 2.05) is 0 Å². The minimum atomic E-state index is -2.87. The first-order chi connectivity index (χ1) is 6.95. The van der Waals surface area contributed by atoms with Gasteiger partial charge in [0.1, 0.15) is 9.84 Å². The van der Waals surface area contributed by atoms with E-state index in [0.29, 0.717) is 31.2 Å². The topological polar surface area (TPSA) is 67.4 Å². The molecule has 5 nitrogen and oxygen atoms in total. The number of hydrogen-bond acceptors (Lipinski definition) is 4. The van der Waals surface area contributed by atoms with E-state index in [0.717, 1.165) is 0 Å². The van der Waals surface area contributed by atoms with Gasteiger partial charge in [-0.25, -0.2) is 8.42 Å². The molecule has 0 rings (SSSR count). The third-order valence-electron chi connectivity index (χ3n) is 1.57. The Kier molecular flexibility index (Phi) is 7.63. The van der Waals surface area contributed by atoms with Crippen LogP contribution in [0.1, 0.15) is 6.42 Å². The lowest BCUT2D eigenvalue weighted by atomic mass is 10.5. The van der Waals surface area contributed by atoms with E-state index in [1.165, 1.54) is 6.26 Å². The van der Waals surface area contributed by atoms with Crippen LogP contribution in [-0.2, 0) is 14.6 Å². The Hall–Kier alpha value is -0.400. The molecule has 7 heteroatoms. The standard InChI is InChI=1S/C8H18N2O3S2/c1-13-6-5-10-8(14)9-4-3-7-15(2,11)12/h3-7H2,1-2H3,(H2,9,10,14). The van der Waals surface area contributed by atoms with Gasteiger partial charge in [-0.15, -0.1) is 0 Å². The molecule has 0 aromatic carbocycles. The molecule has 0 aromatic rings. The molecular formula is C8H18N2O3S2. The number of thiocarbonyl (C=S) groups is 1. The Morgan fingerprint density at radius 3 is 2.47 bits per heavy atom. The van der Waals surface area contributed by atoms with E-state index in [-0.39, 0.29) is 5.75 Å². The van der Waals surface area contributed by atoms with Crippen LogP contribution in [0.15, 0.2) is 0 Å². The van der Waals surface area contributed by atoms with Gasteiger partial charge in [-0.3, -0.25) is 0 Å². The first-order valence-electron chi connectivity index (χ1n) is 4.64. The van der Waals surface area contributed by atoms with Crippen molar-refractivity contribution in [1.29, 1.82) is 0 Å². The third kappa shape index (κ3) is 11.5. The van der Waals surface area contributed by atoms with Crippen LogP contribution in [0.25, 0.3) is 0 Å². The predicted molar refractivity (Wildman–Crippen MR) is 64.8 cm³/mol. The quantitative estimate of drug-likeness (QED) is 0.473. The second kappa shape index (κ2) is 7.84. The molecular weight excluding hydrogens is 236 g/mol. The summed E-state index contributed by atoms with van der Waals surface area (Å²) in [7, 11) is -1.25. The molecule has 0 radical (unpaired) electrons. The monoisotopic (exact) mass is 254 g/mol. The largest absolute Gasteiger partial charge is 0.383 e. The van der Waals surface area contributed by atoms with E-state index in [2.05, 4.69) is 10.6 Å². The Labute approximate surface area is 96.5 Å². The van der Waals surface area contributed by atoms with Crippen LogP contribution in [-0.4, -0.2) is 52.3 Å². The molecule has 15 heavy (non-hydrogen) atoms. The summed E-state index contributed by atoms with van der Waals surface area (Å²) in [6, 6.07) is 0. The predicted octanol–water partition coefficient (Wildman–Crippen LogP) is -0.468. The Morgan fingerprint density at radius 1 is 1.33 bits per heavy atom. The molecule has 0 spiro atoms. The van der Waals surface area contributed by atoms with Crippen molar-refractivity contribution in [3.63, 3.8) is 0 Å². The second-order valence-electron chi connectivity index (χ2n) is 3.16. The number of methoxy groups -OCH3 is 1. The average Bonchev–Trinajstić information content (AvgIpc) is 2.11. The number of sulfone groups is 1. The van der Waals surface area contributed by atoms with Gasteiger partial charge in [-0.1, -0.05) is 0 Å². The molecule has 0 fully saturated rings. The molecule has 2 N–H and O–H groups in total. The minimum Gasteiger partial charge on any atom is -0.383 e. The van der Waals surface area contributed by atoms with Gasteiger partial charge in [0.05, 0.1) is 12.4 Å². The Balaban J connectivity index is 3.39. The molecule has 0 bridgehead atoms. The van der Waals surface area contributed by atoms with Crippen molar-refractivity contribution < 1.29 is 13.2 Å². The van der Waals surface area contributed by atoms with E-state index >= 15 is 0 Å². The van der Waals surface area contributed by atoms with Gasteiger partial charge in [0.15, 0.2) is 5.11 Å². The smallest absolute Gasteiger partial charge is 0.166 e. The average molecular weight is 254 g/mol. The van der Waals surface area contributed by atoms with Crippen LogP contribution in [0.3, 0.4) is 0 Å². The normalized spacial score (nSPS) is 11.1. The summed E-state index contributed by atoms with van der Waals surface area (Å²) < 4.78 is 26.4. The van der Waals surface area contributed by atoms with Crippen molar-refractivity contribution in [3.8, 4) is 0 Å². The molecule has 0 atom stereocenters. The maximum Gasteiger partial charge on any atom is 0.166 e. The van der Waals surface area contributed by atoms with Gasteiger partial charge >= 0.3 is 0 Å². The Morgan fingerprint density at radius 2 is 1.93 bits per heavy atom. The van der Waals surface area contributed by atoms with Crippen molar-refractivity contribution in [3.05, 3.63) is 0 Å². The first-order valence-corrected chi connectivity index (χ1v) is 7.11. The molecule has 0 aliphatic heterocycles. The molecule has 0 aliphatic carbocycles. The van der Waals surface area contributed by atoms with Gasteiger partial charge in [0.25, 0.3) is 0 Å². The summed E-state index contributed by atoms with van der Waals surface area (Å²) in [5, 5.41) is 6.37. The van der Waals surface area contributed by atoms with E-state index in [1.54, 1.807) is 7.11 Å². The minimum absolute atomic E-state index is 0.181. The SMILES string of the molecule is COCCNC(=S)NCCCS(C)(=O)=O. The van der Waals surface area contributed by atoms with E-state index in [4.69, 9.17) is 17.0 Å². The van der Waals surface area contributed by atoms with Crippen molar-refractivity contribution in [2.45, 2.75) is 6.42 Å². The summed E-state index contributed by atoms with van der Waals surface area (Å²) in [5.41, 5.74) is 0. The molecule has 0 unspecified atom stereocenters. The van der Waals surface area contributed by atoms with Crippen LogP contribution < -0.4 is 10.6 Å². The zero-order chi connectivity index (χ0) is 11.7. The summed E-state index contributed by atoms with van der Waals surface area (Å²) in [6.45, 7) is 1.80. The fourth-order valence-corrected chi connectivity index (χ4v) is 1.74. The Bertz CT molecular complexity index is 278. The lowest BCUT2D eigenvalue weighted by molar-refractivity contribution is 0.204. The van der Waals surface area contributed by atoms with Crippen molar-refractivity contribution >= 4 is 27.2 Å². The van der Waals surface area contributed by atoms with Crippen LogP contribution >= 0.6 is 12.2 Å². The highest BCUT2D eigenvalue weighted by molar-refractivity contribution is 7.90. The van der Waals surface area contributed by atoms with Crippen LogP contribution in [0.2, 0.25) is 0 Å². The fourth-order valence-electron chi connectivity index (χ4n) is 0.865. The maximum atomic E-state index is 10.8. The second-order valence-corrected chi connectivity index (χ2v) is 5.83. The number of nitrogens with one attached hydrogen (secondary N) is 2. The molecule has 0 heterocycles. The zero-order valence-electron chi connectivity index (χ0n) is 9.08. The highest BCUT2D eigenvalue weighted by Gasteiger charge is 2.01.